The van der Waals surface area contributed by atoms with Gasteiger partial charge in [0.2, 0.25) is 0 Å². The molecule has 0 radical (unpaired) electrons. The van der Waals surface area contributed by atoms with Gasteiger partial charge in [-0.05, 0) is 13.3 Å². The van der Waals surface area contributed by atoms with Gasteiger partial charge in [-0.2, -0.15) is 0 Å². The Morgan fingerprint density at radius 1 is 0.792 bits per heavy atom. The summed E-state index contributed by atoms with van der Waals surface area (Å²) < 4.78 is 4.79. The summed E-state index contributed by atoms with van der Waals surface area (Å²) in [6.45, 7) is 3.65. The van der Waals surface area contributed by atoms with Crippen LogP contribution in [-0.2, 0) is 14.3 Å². The first-order valence-electron chi connectivity index (χ1n) is 9.67. The Hall–Kier alpha value is -1.32. The fourth-order valence-corrected chi connectivity index (χ4v) is 2.55. The SMILES string of the molecule is CCCCCCCCCCCCCCCC(=O)OC=C(C)C(=O)O. The van der Waals surface area contributed by atoms with Crippen molar-refractivity contribution in [1.82, 2.24) is 0 Å². The van der Waals surface area contributed by atoms with Crippen LogP contribution in [-0.4, -0.2) is 17.0 Å². The molecule has 0 fully saturated rings. The standard InChI is InChI=1S/C20H36O4/c1-3-4-5-6-7-8-9-10-11-12-13-14-15-16-19(21)24-17-18(2)20(22)23/h17H,3-16H2,1-2H3,(H,22,23). The van der Waals surface area contributed by atoms with Gasteiger partial charge in [-0.15, -0.1) is 0 Å². The minimum atomic E-state index is -1.07. The van der Waals surface area contributed by atoms with Gasteiger partial charge in [0.1, 0.15) is 6.26 Å². The van der Waals surface area contributed by atoms with E-state index in [0.717, 1.165) is 25.5 Å². The van der Waals surface area contributed by atoms with Crippen LogP contribution in [0, 0.1) is 0 Å². The van der Waals surface area contributed by atoms with Crippen LogP contribution in [0.4, 0.5) is 0 Å². The summed E-state index contributed by atoms with van der Waals surface area (Å²) in [6.07, 6.45) is 17.9. The molecule has 0 bridgehead atoms. The van der Waals surface area contributed by atoms with E-state index in [4.69, 9.17) is 9.84 Å². The van der Waals surface area contributed by atoms with Crippen molar-refractivity contribution in [3.63, 3.8) is 0 Å². The smallest absolute Gasteiger partial charge is 0.334 e. The fourth-order valence-electron chi connectivity index (χ4n) is 2.55. The summed E-state index contributed by atoms with van der Waals surface area (Å²) in [4.78, 5) is 21.9. The third kappa shape index (κ3) is 15.6. The largest absolute Gasteiger partial charge is 0.478 e. The average Bonchev–Trinajstić information content (AvgIpc) is 2.56. The van der Waals surface area contributed by atoms with Crippen LogP contribution in [0.15, 0.2) is 11.8 Å². The maximum atomic E-state index is 11.4. The van der Waals surface area contributed by atoms with Gasteiger partial charge in [0.05, 0.1) is 5.57 Å². The van der Waals surface area contributed by atoms with Gasteiger partial charge in [-0.25, -0.2) is 4.79 Å². The second-order valence-corrected chi connectivity index (χ2v) is 6.59. The van der Waals surface area contributed by atoms with Crippen molar-refractivity contribution >= 4 is 11.9 Å². The summed E-state index contributed by atoms with van der Waals surface area (Å²) in [6, 6.07) is 0. The summed E-state index contributed by atoms with van der Waals surface area (Å²) in [5, 5.41) is 8.63. The lowest BCUT2D eigenvalue weighted by atomic mass is 10.0. The Labute approximate surface area is 147 Å². The van der Waals surface area contributed by atoms with Crippen LogP contribution in [0.2, 0.25) is 0 Å². The Morgan fingerprint density at radius 2 is 1.21 bits per heavy atom. The molecule has 0 rings (SSSR count). The van der Waals surface area contributed by atoms with Gasteiger partial charge in [-0.1, -0.05) is 84.0 Å². The molecule has 24 heavy (non-hydrogen) atoms. The lowest BCUT2D eigenvalue weighted by Crippen LogP contribution is -2.02. The summed E-state index contributed by atoms with van der Waals surface area (Å²) in [7, 11) is 0. The first-order chi connectivity index (χ1) is 11.6. The zero-order chi connectivity index (χ0) is 18.0. The van der Waals surface area contributed by atoms with Gasteiger partial charge in [-0.3, -0.25) is 4.79 Å². The van der Waals surface area contributed by atoms with E-state index in [1.165, 1.54) is 71.1 Å². The topological polar surface area (TPSA) is 63.6 Å². The van der Waals surface area contributed by atoms with Crippen LogP contribution in [0.5, 0.6) is 0 Å². The van der Waals surface area contributed by atoms with E-state index in [0.29, 0.717) is 6.42 Å². The van der Waals surface area contributed by atoms with E-state index >= 15 is 0 Å². The lowest BCUT2D eigenvalue weighted by Gasteiger charge is -2.03. The molecule has 0 aliphatic carbocycles. The van der Waals surface area contributed by atoms with E-state index in [1.54, 1.807) is 0 Å². The highest BCUT2D eigenvalue weighted by Crippen LogP contribution is 2.13. The highest BCUT2D eigenvalue weighted by molar-refractivity contribution is 5.85. The van der Waals surface area contributed by atoms with Crippen molar-refractivity contribution in [2.24, 2.45) is 0 Å². The number of carboxylic acid groups (broad SMARTS) is 1. The van der Waals surface area contributed by atoms with Crippen molar-refractivity contribution in [3.05, 3.63) is 11.8 Å². The Morgan fingerprint density at radius 3 is 1.62 bits per heavy atom. The highest BCUT2D eigenvalue weighted by atomic mass is 16.5. The van der Waals surface area contributed by atoms with Crippen molar-refractivity contribution in [1.29, 1.82) is 0 Å². The van der Waals surface area contributed by atoms with E-state index in [9.17, 15) is 9.59 Å². The molecule has 1 N–H and O–H groups in total. The number of carbonyl (C=O) groups excluding carboxylic acids is 1. The van der Waals surface area contributed by atoms with Gasteiger partial charge in [0.25, 0.3) is 0 Å². The van der Waals surface area contributed by atoms with Crippen LogP contribution < -0.4 is 0 Å². The van der Waals surface area contributed by atoms with Crippen molar-refractivity contribution in [2.45, 2.75) is 104 Å². The summed E-state index contributed by atoms with van der Waals surface area (Å²) >= 11 is 0. The molecule has 0 spiro atoms. The molecule has 0 saturated carbocycles. The number of aliphatic carboxylic acids is 1. The monoisotopic (exact) mass is 340 g/mol. The molecule has 0 aromatic heterocycles. The fraction of sp³-hybridized carbons (Fsp3) is 0.800. The number of carbonyl (C=O) groups is 2. The molecule has 0 saturated heterocycles. The molecule has 140 valence electrons. The third-order valence-corrected chi connectivity index (χ3v) is 4.19. The first-order valence-corrected chi connectivity index (χ1v) is 9.67. The molecular weight excluding hydrogens is 304 g/mol. The number of carboxylic acids is 1. The summed E-state index contributed by atoms with van der Waals surface area (Å²) in [5.41, 5.74) is 0.0358. The van der Waals surface area contributed by atoms with Gasteiger partial charge < -0.3 is 9.84 Å². The zero-order valence-electron chi connectivity index (χ0n) is 15.6. The number of ether oxygens (including phenoxy) is 1. The van der Waals surface area contributed by atoms with Crippen molar-refractivity contribution in [3.8, 4) is 0 Å². The normalized spacial score (nSPS) is 11.5. The number of rotatable bonds is 16. The second-order valence-electron chi connectivity index (χ2n) is 6.59. The van der Waals surface area contributed by atoms with E-state index in [1.807, 2.05) is 0 Å². The molecule has 0 atom stereocenters. The molecular formula is C20H36O4. The van der Waals surface area contributed by atoms with Gasteiger partial charge in [0.15, 0.2) is 0 Å². The number of unbranched alkanes of at least 4 members (excludes halogenated alkanes) is 12. The Bertz CT molecular complexity index is 361. The minimum absolute atomic E-state index is 0.0358. The zero-order valence-corrected chi connectivity index (χ0v) is 15.6. The molecule has 0 aromatic rings. The Balaban J connectivity index is 3.29. The maximum Gasteiger partial charge on any atom is 0.334 e. The maximum absolute atomic E-state index is 11.4. The molecule has 0 amide bonds. The van der Waals surface area contributed by atoms with Crippen LogP contribution in [0.3, 0.4) is 0 Å². The molecule has 0 heterocycles. The molecule has 0 aromatic carbocycles. The van der Waals surface area contributed by atoms with E-state index in [2.05, 4.69) is 6.92 Å². The van der Waals surface area contributed by atoms with Crippen molar-refractivity contribution in [2.75, 3.05) is 0 Å². The molecule has 4 heteroatoms. The van der Waals surface area contributed by atoms with Crippen molar-refractivity contribution < 1.29 is 19.4 Å². The van der Waals surface area contributed by atoms with Crippen LogP contribution >= 0.6 is 0 Å². The third-order valence-electron chi connectivity index (χ3n) is 4.19. The number of esters is 1. The molecule has 4 nitrogen and oxygen atoms in total. The molecule has 0 aliphatic rings. The summed E-state index contributed by atoms with van der Waals surface area (Å²) in [5.74, 6) is -1.41. The quantitative estimate of drug-likeness (QED) is 0.162. The molecule has 0 aliphatic heterocycles. The van der Waals surface area contributed by atoms with E-state index < -0.39 is 5.97 Å². The average molecular weight is 341 g/mol. The number of hydrogen-bond donors (Lipinski definition) is 1. The number of hydrogen-bond acceptors (Lipinski definition) is 3. The lowest BCUT2D eigenvalue weighted by molar-refractivity contribution is -0.138. The van der Waals surface area contributed by atoms with Crippen LogP contribution in [0.1, 0.15) is 104 Å². The van der Waals surface area contributed by atoms with Gasteiger partial charge in [0, 0.05) is 6.42 Å². The molecule has 0 unspecified atom stereocenters. The Kier molecular flexibility index (Phi) is 15.6. The minimum Gasteiger partial charge on any atom is -0.478 e. The second kappa shape index (κ2) is 16.5. The van der Waals surface area contributed by atoms with E-state index in [-0.39, 0.29) is 11.5 Å². The van der Waals surface area contributed by atoms with Gasteiger partial charge >= 0.3 is 11.9 Å². The predicted octanol–water partition coefficient (Wildman–Crippen LogP) is 6.00. The van der Waals surface area contributed by atoms with Crippen LogP contribution in [0.25, 0.3) is 0 Å². The highest BCUT2D eigenvalue weighted by Gasteiger charge is 2.04. The first kappa shape index (κ1) is 22.7. The predicted molar refractivity (Wildman–Crippen MR) is 97.8 cm³/mol.